The molecule has 0 unspecified atom stereocenters. The molecule has 1 fully saturated rings. The zero-order valence-corrected chi connectivity index (χ0v) is 18.4. The number of halogens is 1. The van der Waals surface area contributed by atoms with Gasteiger partial charge < -0.3 is 9.80 Å². The Labute approximate surface area is 187 Å². The third kappa shape index (κ3) is 5.13. The van der Waals surface area contributed by atoms with E-state index in [1.54, 1.807) is 23.2 Å². The summed E-state index contributed by atoms with van der Waals surface area (Å²) in [7, 11) is 1.93. The first kappa shape index (κ1) is 24.1. The molecule has 3 rings (SSSR count). The molecular weight excluding hydrogens is 420 g/mol. The first-order chi connectivity index (χ1) is 14.5. The van der Waals surface area contributed by atoms with Crippen LogP contribution < -0.4 is 15.8 Å². The summed E-state index contributed by atoms with van der Waals surface area (Å²) in [6, 6.07) is 3.41. The first-order valence-electron chi connectivity index (χ1n) is 9.81. The Morgan fingerprint density at radius 2 is 2.23 bits per heavy atom. The van der Waals surface area contributed by atoms with E-state index in [1.807, 2.05) is 18.0 Å². The molecule has 0 bridgehead atoms. The molecule has 2 aromatic rings. The van der Waals surface area contributed by atoms with E-state index in [1.165, 1.54) is 10.9 Å². The standard InChI is InChI=1S/C20H26N8O2.ClH/c1-4-9-24-25-20(30)28-11-7-15-18(22-13-23-19(15)28)26(3)16-12-27(10-6-14(16)2)17(29)5-8-21;/h4,7,11,13-14,16,24H,1,5-6,9-10,12H2,2-3H3,(H,25,30);1H/t14-,16+;/m1./s1. The second-order valence-electron chi connectivity index (χ2n) is 7.34. The van der Waals surface area contributed by atoms with Gasteiger partial charge in [0.1, 0.15) is 18.6 Å². The van der Waals surface area contributed by atoms with Crippen molar-refractivity contribution < 1.29 is 9.59 Å². The van der Waals surface area contributed by atoms with E-state index in [0.29, 0.717) is 37.0 Å². The maximum Gasteiger partial charge on any atom is 0.341 e. The van der Waals surface area contributed by atoms with Gasteiger partial charge in [-0.15, -0.1) is 19.0 Å². The lowest BCUT2D eigenvalue weighted by Gasteiger charge is -2.42. The molecule has 31 heavy (non-hydrogen) atoms. The molecule has 10 nitrogen and oxygen atoms in total. The smallest absolute Gasteiger partial charge is 0.341 e. The van der Waals surface area contributed by atoms with Gasteiger partial charge in [0.2, 0.25) is 5.91 Å². The van der Waals surface area contributed by atoms with Gasteiger partial charge in [-0.1, -0.05) is 13.0 Å². The Balaban J connectivity index is 0.00000341. The van der Waals surface area contributed by atoms with Crippen LogP contribution in [0.25, 0.3) is 11.0 Å². The molecule has 11 heteroatoms. The number of piperidine rings is 1. The highest BCUT2D eigenvalue weighted by atomic mass is 35.5. The molecule has 2 N–H and O–H groups in total. The van der Waals surface area contributed by atoms with Gasteiger partial charge in [0.15, 0.2) is 5.65 Å². The quantitative estimate of drug-likeness (QED) is 0.393. The van der Waals surface area contributed by atoms with Gasteiger partial charge in [-0.3, -0.25) is 14.8 Å². The number of hydrogen-bond acceptors (Lipinski definition) is 7. The maximum atomic E-state index is 12.4. The molecule has 1 aliphatic heterocycles. The average molecular weight is 447 g/mol. The normalized spacial score (nSPS) is 18.0. The number of hydrogen-bond donors (Lipinski definition) is 2. The van der Waals surface area contributed by atoms with Crippen molar-refractivity contribution in [3.63, 3.8) is 0 Å². The molecular formula is C20H27ClN8O2. The number of anilines is 1. The number of likely N-dealkylation sites (N-methyl/N-ethyl adjacent to an activating group) is 1. The number of nitrogens with zero attached hydrogens (tertiary/aromatic N) is 6. The number of hydrazine groups is 1. The summed E-state index contributed by atoms with van der Waals surface area (Å²) in [6.45, 7) is 7.35. The van der Waals surface area contributed by atoms with Crippen LogP contribution in [0.2, 0.25) is 0 Å². The third-order valence-electron chi connectivity index (χ3n) is 5.45. The Hall–Kier alpha value is -3.16. The number of likely N-dealkylation sites (tertiary alicyclic amines) is 1. The molecule has 0 spiro atoms. The Morgan fingerprint density at radius 3 is 2.94 bits per heavy atom. The van der Waals surface area contributed by atoms with Crippen LogP contribution in [0.1, 0.15) is 19.8 Å². The van der Waals surface area contributed by atoms with E-state index in [-0.39, 0.29) is 36.8 Å². The number of nitrogens with one attached hydrogen (secondary N) is 2. The molecule has 0 aromatic carbocycles. The zero-order chi connectivity index (χ0) is 21.7. The van der Waals surface area contributed by atoms with E-state index in [0.717, 1.165) is 11.8 Å². The Bertz CT molecular complexity index is 985. The molecule has 2 aromatic heterocycles. The molecule has 166 valence electrons. The van der Waals surface area contributed by atoms with Crippen molar-refractivity contribution in [2.24, 2.45) is 5.92 Å². The van der Waals surface area contributed by atoms with Gasteiger partial charge in [-0.05, 0) is 18.4 Å². The van der Waals surface area contributed by atoms with Gasteiger partial charge in [0, 0.05) is 32.9 Å². The van der Waals surface area contributed by atoms with Crippen LogP contribution >= 0.6 is 12.4 Å². The molecule has 0 saturated carbocycles. The lowest BCUT2D eigenvalue weighted by molar-refractivity contribution is -0.131. The van der Waals surface area contributed by atoms with Crippen LogP contribution in [0.15, 0.2) is 31.2 Å². The Kier molecular flexibility index (Phi) is 8.36. The van der Waals surface area contributed by atoms with Gasteiger partial charge in [-0.2, -0.15) is 5.26 Å². The van der Waals surface area contributed by atoms with E-state index in [9.17, 15) is 9.59 Å². The number of aromatic nitrogens is 3. The van der Waals surface area contributed by atoms with Crippen LogP contribution in [-0.4, -0.2) is 64.1 Å². The highest BCUT2D eigenvalue weighted by molar-refractivity contribution is 5.94. The zero-order valence-electron chi connectivity index (χ0n) is 17.6. The number of fused-ring (bicyclic) bond motifs is 1. The van der Waals surface area contributed by atoms with Gasteiger partial charge in [0.05, 0.1) is 17.5 Å². The molecule has 1 saturated heterocycles. The van der Waals surface area contributed by atoms with Crippen molar-refractivity contribution in [2.45, 2.75) is 25.8 Å². The summed E-state index contributed by atoms with van der Waals surface area (Å²) in [6.07, 6.45) is 5.45. The lowest BCUT2D eigenvalue weighted by Crippen LogP contribution is -2.52. The van der Waals surface area contributed by atoms with Crippen molar-refractivity contribution in [1.29, 1.82) is 5.26 Å². The summed E-state index contributed by atoms with van der Waals surface area (Å²) >= 11 is 0. The molecule has 1 aliphatic rings. The summed E-state index contributed by atoms with van der Waals surface area (Å²) in [5, 5.41) is 9.58. The van der Waals surface area contributed by atoms with E-state index in [4.69, 9.17) is 5.26 Å². The first-order valence-corrected chi connectivity index (χ1v) is 9.81. The molecule has 0 radical (unpaired) electrons. The fraction of sp³-hybridized carbons (Fsp3) is 0.450. The summed E-state index contributed by atoms with van der Waals surface area (Å²) in [4.78, 5) is 37.1. The van der Waals surface area contributed by atoms with Crippen LogP contribution in [0.4, 0.5) is 10.6 Å². The maximum absolute atomic E-state index is 12.4. The molecule has 2 amide bonds. The van der Waals surface area contributed by atoms with E-state index >= 15 is 0 Å². The fourth-order valence-electron chi connectivity index (χ4n) is 3.76. The fourth-order valence-corrected chi connectivity index (χ4v) is 3.76. The Morgan fingerprint density at radius 1 is 1.45 bits per heavy atom. The topological polar surface area (TPSA) is 119 Å². The predicted octanol–water partition coefficient (Wildman–Crippen LogP) is 1.69. The highest BCUT2D eigenvalue weighted by Crippen LogP contribution is 2.29. The van der Waals surface area contributed by atoms with Gasteiger partial charge in [0.25, 0.3) is 0 Å². The number of carbonyl (C=O) groups excluding carboxylic acids is 2. The monoisotopic (exact) mass is 446 g/mol. The molecule has 3 heterocycles. The van der Waals surface area contributed by atoms with Crippen LogP contribution in [0.5, 0.6) is 0 Å². The van der Waals surface area contributed by atoms with E-state index < -0.39 is 0 Å². The largest absolute Gasteiger partial charge is 0.354 e. The number of amides is 2. The molecule has 2 atom stereocenters. The van der Waals surface area contributed by atoms with Crippen molar-refractivity contribution in [3.05, 3.63) is 31.2 Å². The number of rotatable bonds is 6. The van der Waals surface area contributed by atoms with Crippen LogP contribution in [-0.2, 0) is 4.79 Å². The minimum absolute atomic E-state index is 0. The summed E-state index contributed by atoms with van der Waals surface area (Å²) in [5.41, 5.74) is 5.83. The SMILES string of the molecule is C=CCNNC(=O)n1ccc2c(N(C)[C@H]3CN(C(=O)CC#N)CC[C@H]3C)ncnc21.Cl. The van der Waals surface area contributed by atoms with Crippen molar-refractivity contribution in [3.8, 4) is 6.07 Å². The summed E-state index contributed by atoms with van der Waals surface area (Å²) < 4.78 is 1.41. The highest BCUT2D eigenvalue weighted by Gasteiger charge is 2.32. The van der Waals surface area contributed by atoms with Crippen LogP contribution in [0.3, 0.4) is 0 Å². The summed E-state index contributed by atoms with van der Waals surface area (Å²) in [5.74, 6) is 0.877. The average Bonchev–Trinajstić information content (AvgIpc) is 3.18. The molecule has 0 aliphatic carbocycles. The van der Waals surface area contributed by atoms with E-state index in [2.05, 4.69) is 34.3 Å². The number of carbonyl (C=O) groups is 2. The van der Waals surface area contributed by atoms with Crippen molar-refractivity contribution >= 4 is 41.2 Å². The second kappa shape index (κ2) is 10.7. The van der Waals surface area contributed by atoms with Crippen molar-refractivity contribution in [1.82, 2.24) is 30.3 Å². The third-order valence-corrected chi connectivity index (χ3v) is 5.45. The minimum atomic E-state index is -0.363. The van der Waals surface area contributed by atoms with Gasteiger partial charge >= 0.3 is 6.03 Å². The lowest BCUT2D eigenvalue weighted by atomic mass is 9.92. The van der Waals surface area contributed by atoms with Crippen LogP contribution in [0, 0.1) is 17.2 Å². The number of nitriles is 1. The predicted molar refractivity (Wildman–Crippen MR) is 120 cm³/mol. The van der Waals surface area contributed by atoms with Gasteiger partial charge in [-0.25, -0.2) is 20.2 Å². The minimum Gasteiger partial charge on any atom is -0.354 e. The van der Waals surface area contributed by atoms with Crippen molar-refractivity contribution in [2.75, 3.05) is 31.6 Å². The second-order valence-corrected chi connectivity index (χ2v) is 7.34.